The van der Waals surface area contributed by atoms with Gasteiger partial charge < -0.3 is 15.0 Å². The van der Waals surface area contributed by atoms with Crippen molar-refractivity contribution in [3.05, 3.63) is 72.6 Å². The number of nitrogens with one attached hydrogen (secondary N) is 1. The molecular formula is C18H19FN2OS. The molecule has 0 unspecified atom stereocenters. The zero-order valence-electron chi connectivity index (χ0n) is 13.0. The molecule has 120 valence electrons. The highest BCUT2D eigenvalue weighted by atomic mass is 32.1. The number of hydrogen-bond donors (Lipinski definition) is 1. The second-order valence-electron chi connectivity index (χ2n) is 5.01. The molecule has 0 amide bonds. The summed E-state index contributed by atoms with van der Waals surface area (Å²) < 4.78 is 19.1. The Labute approximate surface area is 141 Å². The largest absolute Gasteiger partial charge is 0.490 e. The highest BCUT2D eigenvalue weighted by Crippen LogP contribution is 2.15. The molecule has 0 bridgehead atoms. The zero-order chi connectivity index (χ0) is 16.7. The minimum absolute atomic E-state index is 0.327. The predicted octanol–water partition coefficient (Wildman–Crippen LogP) is 4.22. The van der Waals surface area contributed by atoms with Gasteiger partial charge in [0.25, 0.3) is 0 Å². The predicted molar refractivity (Wildman–Crippen MR) is 96.2 cm³/mol. The van der Waals surface area contributed by atoms with Gasteiger partial charge in [-0.25, -0.2) is 4.39 Å². The average Bonchev–Trinajstić information content (AvgIpc) is 2.56. The summed E-state index contributed by atoms with van der Waals surface area (Å²) in [4.78, 5) is 1.85. The molecule has 0 fully saturated rings. The monoisotopic (exact) mass is 330 g/mol. The van der Waals surface area contributed by atoms with Gasteiger partial charge in [0.15, 0.2) is 5.11 Å². The van der Waals surface area contributed by atoms with Crippen LogP contribution in [0, 0.1) is 5.82 Å². The van der Waals surface area contributed by atoms with Gasteiger partial charge in [-0.15, -0.1) is 0 Å². The Hall–Kier alpha value is -2.40. The highest BCUT2D eigenvalue weighted by Gasteiger charge is 2.08. The second kappa shape index (κ2) is 8.29. The first kappa shape index (κ1) is 17.0. The number of rotatable bonds is 6. The van der Waals surface area contributed by atoms with Gasteiger partial charge >= 0.3 is 0 Å². The van der Waals surface area contributed by atoms with Crippen molar-refractivity contribution >= 4 is 23.0 Å². The molecule has 1 N–H and O–H groups in total. The maximum atomic E-state index is 13.6. The first-order valence-electron chi connectivity index (χ1n) is 7.19. The molecule has 0 spiro atoms. The maximum absolute atomic E-state index is 13.6. The Morgan fingerprint density at radius 3 is 2.61 bits per heavy atom. The Morgan fingerprint density at radius 1 is 1.26 bits per heavy atom. The summed E-state index contributed by atoms with van der Waals surface area (Å²) >= 11 is 5.31. The van der Waals surface area contributed by atoms with Gasteiger partial charge in [-0.1, -0.05) is 36.9 Å². The Balaban J connectivity index is 1.93. The molecule has 0 aliphatic heterocycles. The van der Waals surface area contributed by atoms with Gasteiger partial charge in [0, 0.05) is 13.6 Å². The van der Waals surface area contributed by atoms with Crippen molar-refractivity contribution in [1.82, 2.24) is 4.90 Å². The van der Waals surface area contributed by atoms with E-state index in [0.29, 0.717) is 24.0 Å². The lowest BCUT2D eigenvalue weighted by atomic mass is 10.2. The SMILES string of the molecule is C=CCOc1ccc(CN(C)C(=S)Nc2ccccc2F)cc1. The third kappa shape index (κ3) is 5.07. The molecule has 0 heterocycles. The van der Waals surface area contributed by atoms with E-state index in [-0.39, 0.29) is 5.82 Å². The molecule has 0 radical (unpaired) electrons. The molecule has 5 heteroatoms. The van der Waals surface area contributed by atoms with E-state index in [1.807, 2.05) is 36.2 Å². The minimum atomic E-state index is -0.327. The van der Waals surface area contributed by atoms with Crippen molar-refractivity contribution < 1.29 is 9.13 Å². The van der Waals surface area contributed by atoms with Crippen LogP contribution < -0.4 is 10.1 Å². The number of thiocarbonyl (C=S) groups is 1. The first-order valence-corrected chi connectivity index (χ1v) is 7.60. The fourth-order valence-corrected chi connectivity index (χ4v) is 2.14. The molecule has 2 aromatic rings. The van der Waals surface area contributed by atoms with E-state index in [0.717, 1.165) is 11.3 Å². The zero-order valence-corrected chi connectivity index (χ0v) is 13.8. The van der Waals surface area contributed by atoms with Crippen molar-refractivity contribution in [2.75, 3.05) is 19.0 Å². The number of halogens is 1. The van der Waals surface area contributed by atoms with Gasteiger partial charge in [0.05, 0.1) is 5.69 Å². The molecule has 2 aromatic carbocycles. The van der Waals surface area contributed by atoms with Crippen LogP contribution in [0.5, 0.6) is 5.75 Å². The maximum Gasteiger partial charge on any atom is 0.173 e. The Bertz CT molecular complexity index is 673. The summed E-state index contributed by atoms with van der Waals surface area (Å²) in [5.74, 6) is 0.468. The number of hydrogen-bond acceptors (Lipinski definition) is 2. The van der Waals surface area contributed by atoms with E-state index in [1.165, 1.54) is 6.07 Å². The highest BCUT2D eigenvalue weighted by molar-refractivity contribution is 7.80. The smallest absolute Gasteiger partial charge is 0.173 e. The quantitative estimate of drug-likeness (QED) is 0.633. The third-order valence-corrected chi connectivity index (χ3v) is 3.59. The van der Waals surface area contributed by atoms with Gasteiger partial charge in [0.2, 0.25) is 0 Å². The van der Waals surface area contributed by atoms with Crippen molar-refractivity contribution in [1.29, 1.82) is 0 Å². The van der Waals surface area contributed by atoms with Crippen molar-refractivity contribution in [2.45, 2.75) is 6.54 Å². The number of benzene rings is 2. The molecule has 0 atom stereocenters. The summed E-state index contributed by atoms with van der Waals surface area (Å²) in [5, 5.41) is 3.38. The molecular weight excluding hydrogens is 311 g/mol. The van der Waals surface area contributed by atoms with Crippen LogP contribution in [0.4, 0.5) is 10.1 Å². The van der Waals surface area contributed by atoms with E-state index < -0.39 is 0 Å². The molecule has 0 saturated heterocycles. The van der Waals surface area contributed by atoms with Crippen molar-refractivity contribution in [3.8, 4) is 5.75 Å². The number of ether oxygens (including phenoxy) is 1. The van der Waals surface area contributed by atoms with Crippen LogP contribution in [0.2, 0.25) is 0 Å². The van der Waals surface area contributed by atoms with Crippen LogP contribution in [0.25, 0.3) is 0 Å². The third-order valence-electron chi connectivity index (χ3n) is 3.17. The minimum Gasteiger partial charge on any atom is -0.490 e. The molecule has 0 aliphatic carbocycles. The van der Waals surface area contributed by atoms with Crippen molar-refractivity contribution in [2.24, 2.45) is 0 Å². The van der Waals surface area contributed by atoms with Crippen LogP contribution in [0.3, 0.4) is 0 Å². The molecule has 2 rings (SSSR count). The van der Waals surface area contributed by atoms with Gasteiger partial charge in [-0.2, -0.15) is 0 Å². The lowest BCUT2D eigenvalue weighted by Crippen LogP contribution is -2.30. The number of para-hydroxylation sites is 1. The lowest BCUT2D eigenvalue weighted by molar-refractivity contribution is 0.363. The van der Waals surface area contributed by atoms with E-state index in [4.69, 9.17) is 17.0 Å². The fourth-order valence-electron chi connectivity index (χ4n) is 1.97. The summed E-state index contributed by atoms with van der Waals surface area (Å²) in [6, 6.07) is 14.2. The standard InChI is InChI=1S/C18H19FN2OS/c1-3-12-22-15-10-8-14(9-11-15)13-21(2)18(23)20-17-7-5-4-6-16(17)19/h3-11H,1,12-13H2,2H3,(H,20,23). The average molecular weight is 330 g/mol. The van der Waals surface area contributed by atoms with E-state index in [1.54, 1.807) is 24.3 Å². The van der Waals surface area contributed by atoms with Crippen LogP contribution in [0.15, 0.2) is 61.2 Å². The summed E-state index contributed by atoms with van der Waals surface area (Å²) in [7, 11) is 1.86. The molecule has 0 aromatic heterocycles. The van der Waals surface area contributed by atoms with Gasteiger partial charge in [0.1, 0.15) is 18.2 Å². The fraction of sp³-hybridized carbons (Fsp3) is 0.167. The van der Waals surface area contributed by atoms with Gasteiger partial charge in [-0.3, -0.25) is 0 Å². The molecule has 23 heavy (non-hydrogen) atoms. The number of nitrogens with zero attached hydrogens (tertiary/aromatic N) is 1. The Morgan fingerprint density at radius 2 is 1.96 bits per heavy atom. The summed E-state index contributed by atoms with van der Waals surface area (Å²) in [6.45, 7) is 4.71. The lowest BCUT2D eigenvalue weighted by Gasteiger charge is -2.21. The Kier molecular flexibility index (Phi) is 6.11. The van der Waals surface area contributed by atoms with Crippen LogP contribution >= 0.6 is 12.2 Å². The van der Waals surface area contributed by atoms with Crippen molar-refractivity contribution in [3.63, 3.8) is 0 Å². The van der Waals surface area contributed by atoms with E-state index in [9.17, 15) is 4.39 Å². The normalized spacial score (nSPS) is 10.0. The van der Waals surface area contributed by atoms with Crippen LogP contribution in [0.1, 0.15) is 5.56 Å². The summed E-state index contributed by atoms with van der Waals surface area (Å²) in [6.07, 6.45) is 1.70. The molecule has 0 aliphatic rings. The van der Waals surface area contributed by atoms with E-state index >= 15 is 0 Å². The topological polar surface area (TPSA) is 24.5 Å². The van der Waals surface area contributed by atoms with E-state index in [2.05, 4.69) is 11.9 Å². The second-order valence-corrected chi connectivity index (χ2v) is 5.40. The number of anilines is 1. The van der Waals surface area contributed by atoms with Gasteiger partial charge in [-0.05, 0) is 42.0 Å². The molecule has 0 saturated carbocycles. The summed E-state index contributed by atoms with van der Waals surface area (Å²) in [5.41, 5.74) is 1.45. The van der Waals surface area contributed by atoms with Crippen LogP contribution in [-0.4, -0.2) is 23.7 Å². The van der Waals surface area contributed by atoms with Crippen LogP contribution in [-0.2, 0) is 6.54 Å². The molecule has 3 nitrogen and oxygen atoms in total. The first-order chi connectivity index (χ1) is 11.1.